The fourth-order valence-corrected chi connectivity index (χ4v) is 1.89. The fourth-order valence-electron chi connectivity index (χ4n) is 1.74. The van der Waals surface area contributed by atoms with Crippen LogP contribution in [0.2, 0.25) is 0 Å². The molecule has 1 atom stereocenters. The number of hydrogen-bond donors (Lipinski definition) is 0. The van der Waals surface area contributed by atoms with Crippen molar-refractivity contribution in [2.24, 2.45) is 0 Å². The Labute approximate surface area is 74.7 Å². The molecule has 0 amide bonds. The van der Waals surface area contributed by atoms with Crippen LogP contribution in [0, 0.1) is 0 Å². The molecule has 0 aromatic rings. The van der Waals surface area contributed by atoms with Crippen LogP contribution in [0.5, 0.6) is 0 Å². The zero-order valence-electron chi connectivity index (χ0n) is 7.35. The molecular formula is C9H18ClN. The molecule has 11 heavy (non-hydrogen) atoms. The summed E-state index contributed by atoms with van der Waals surface area (Å²) in [5, 5.41) is 0. The lowest BCUT2D eigenvalue weighted by Gasteiger charge is -2.23. The Kier molecular flexibility index (Phi) is 4.24. The molecule has 0 aromatic carbocycles. The summed E-state index contributed by atoms with van der Waals surface area (Å²) >= 11 is 5.63. The normalized spacial score (nSPS) is 22.4. The topological polar surface area (TPSA) is 3.24 Å². The maximum absolute atomic E-state index is 5.63. The van der Waals surface area contributed by atoms with E-state index in [2.05, 4.69) is 11.8 Å². The third-order valence-corrected chi connectivity index (χ3v) is 2.79. The molecule has 1 fully saturated rings. The molecular weight excluding hydrogens is 158 g/mol. The van der Waals surface area contributed by atoms with Gasteiger partial charge in [0.2, 0.25) is 0 Å². The van der Waals surface area contributed by atoms with Gasteiger partial charge in [0.15, 0.2) is 0 Å². The van der Waals surface area contributed by atoms with E-state index in [1.54, 1.807) is 0 Å². The van der Waals surface area contributed by atoms with Gasteiger partial charge in [-0.05, 0) is 45.7 Å². The highest BCUT2D eigenvalue weighted by molar-refractivity contribution is 6.17. The molecule has 1 aliphatic rings. The van der Waals surface area contributed by atoms with Crippen LogP contribution in [-0.2, 0) is 0 Å². The summed E-state index contributed by atoms with van der Waals surface area (Å²) in [5.41, 5.74) is 0. The highest BCUT2D eigenvalue weighted by atomic mass is 35.5. The van der Waals surface area contributed by atoms with E-state index in [1.807, 2.05) is 0 Å². The van der Waals surface area contributed by atoms with E-state index in [4.69, 9.17) is 11.6 Å². The summed E-state index contributed by atoms with van der Waals surface area (Å²) in [4.78, 5) is 2.58. The molecule has 66 valence electrons. The number of nitrogens with zero attached hydrogens (tertiary/aromatic N) is 1. The minimum Gasteiger partial charge on any atom is -0.301 e. The van der Waals surface area contributed by atoms with Crippen LogP contribution < -0.4 is 0 Å². The molecule has 0 aliphatic carbocycles. The monoisotopic (exact) mass is 175 g/mol. The minimum absolute atomic E-state index is 0.760. The predicted molar refractivity (Wildman–Crippen MR) is 50.2 cm³/mol. The predicted octanol–water partition coefficient (Wildman–Crippen LogP) is 2.49. The van der Waals surface area contributed by atoms with Crippen molar-refractivity contribution in [3.8, 4) is 0 Å². The molecule has 1 nitrogen and oxygen atoms in total. The SMILES string of the molecule is C[C@H](CCCCl)N1CCCC1. The summed E-state index contributed by atoms with van der Waals surface area (Å²) in [6.07, 6.45) is 5.22. The van der Waals surface area contributed by atoms with Crippen LogP contribution in [0.1, 0.15) is 32.6 Å². The first kappa shape index (κ1) is 9.34. The quantitative estimate of drug-likeness (QED) is 0.594. The van der Waals surface area contributed by atoms with E-state index >= 15 is 0 Å². The summed E-state index contributed by atoms with van der Waals surface area (Å²) < 4.78 is 0. The Hall–Kier alpha value is 0.250. The van der Waals surface area contributed by atoms with Gasteiger partial charge in [-0.15, -0.1) is 11.6 Å². The van der Waals surface area contributed by atoms with Crippen molar-refractivity contribution < 1.29 is 0 Å². The van der Waals surface area contributed by atoms with Gasteiger partial charge in [0, 0.05) is 11.9 Å². The van der Waals surface area contributed by atoms with E-state index in [9.17, 15) is 0 Å². The van der Waals surface area contributed by atoms with Crippen molar-refractivity contribution in [1.29, 1.82) is 0 Å². The fraction of sp³-hybridized carbons (Fsp3) is 1.00. The second-order valence-electron chi connectivity index (χ2n) is 3.42. The lowest BCUT2D eigenvalue weighted by atomic mass is 10.2. The minimum atomic E-state index is 0.760. The number of halogens is 1. The van der Waals surface area contributed by atoms with Gasteiger partial charge >= 0.3 is 0 Å². The molecule has 1 aliphatic heterocycles. The van der Waals surface area contributed by atoms with Gasteiger partial charge in [0.1, 0.15) is 0 Å². The van der Waals surface area contributed by atoms with E-state index in [-0.39, 0.29) is 0 Å². The lowest BCUT2D eigenvalue weighted by molar-refractivity contribution is 0.246. The Bertz CT molecular complexity index is 99.7. The zero-order valence-corrected chi connectivity index (χ0v) is 8.11. The molecule has 0 bridgehead atoms. The third-order valence-electron chi connectivity index (χ3n) is 2.52. The van der Waals surface area contributed by atoms with E-state index in [0.717, 1.165) is 11.9 Å². The number of likely N-dealkylation sites (tertiary alicyclic amines) is 1. The van der Waals surface area contributed by atoms with Crippen molar-refractivity contribution in [2.75, 3.05) is 19.0 Å². The smallest absolute Gasteiger partial charge is 0.0224 e. The number of rotatable bonds is 4. The van der Waals surface area contributed by atoms with Gasteiger partial charge in [-0.25, -0.2) is 0 Å². The summed E-state index contributed by atoms with van der Waals surface area (Å²) in [6.45, 7) is 4.94. The molecule has 1 rings (SSSR count). The zero-order chi connectivity index (χ0) is 8.10. The van der Waals surface area contributed by atoms with Gasteiger partial charge in [-0.2, -0.15) is 0 Å². The maximum Gasteiger partial charge on any atom is 0.0224 e. The molecule has 0 radical (unpaired) electrons. The lowest BCUT2D eigenvalue weighted by Crippen LogP contribution is -2.29. The molecule has 0 N–H and O–H groups in total. The second-order valence-corrected chi connectivity index (χ2v) is 3.80. The molecule has 2 heteroatoms. The Morgan fingerprint density at radius 1 is 1.36 bits per heavy atom. The molecule has 1 saturated heterocycles. The van der Waals surface area contributed by atoms with Crippen molar-refractivity contribution in [1.82, 2.24) is 4.90 Å². The van der Waals surface area contributed by atoms with E-state index in [1.165, 1.54) is 38.8 Å². The number of alkyl halides is 1. The van der Waals surface area contributed by atoms with Gasteiger partial charge in [0.05, 0.1) is 0 Å². The first-order valence-electron chi connectivity index (χ1n) is 4.64. The average Bonchev–Trinajstić information content (AvgIpc) is 2.52. The average molecular weight is 176 g/mol. The first-order chi connectivity index (χ1) is 5.34. The van der Waals surface area contributed by atoms with Gasteiger partial charge in [-0.1, -0.05) is 0 Å². The van der Waals surface area contributed by atoms with Crippen LogP contribution in [0.15, 0.2) is 0 Å². The molecule has 1 heterocycles. The third kappa shape index (κ3) is 3.00. The van der Waals surface area contributed by atoms with Crippen LogP contribution >= 0.6 is 11.6 Å². The van der Waals surface area contributed by atoms with E-state index < -0.39 is 0 Å². The van der Waals surface area contributed by atoms with Crippen LogP contribution in [0.3, 0.4) is 0 Å². The van der Waals surface area contributed by atoms with Crippen molar-refractivity contribution in [3.63, 3.8) is 0 Å². The largest absolute Gasteiger partial charge is 0.301 e. The summed E-state index contributed by atoms with van der Waals surface area (Å²) in [5.74, 6) is 0.818. The van der Waals surface area contributed by atoms with Crippen molar-refractivity contribution >= 4 is 11.6 Å². The van der Waals surface area contributed by atoms with Crippen molar-refractivity contribution in [2.45, 2.75) is 38.6 Å². The molecule has 0 aromatic heterocycles. The van der Waals surface area contributed by atoms with Gasteiger partial charge < -0.3 is 4.90 Å². The second kappa shape index (κ2) is 5.00. The summed E-state index contributed by atoms with van der Waals surface area (Å²) in [6, 6.07) is 0.760. The van der Waals surface area contributed by atoms with Gasteiger partial charge in [-0.3, -0.25) is 0 Å². The van der Waals surface area contributed by atoms with Gasteiger partial charge in [0.25, 0.3) is 0 Å². The summed E-state index contributed by atoms with van der Waals surface area (Å²) in [7, 11) is 0. The van der Waals surface area contributed by atoms with Crippen LogP contribution in [0.4, 0.5) is 0 Å². The molecule has 0 spiro atoms. The Morgan fingerprint density at radius 3 is 2.55 bits per heavy atom. The highest BCUT2D eigenvalue weighted by Gasteiger charge is 2.16. The maximum atomic E-state index is 5.63. The van der Waals surface area contributed by atoms with Crippen LogP contribution in [0.25, 0.3) is 0 Å². The first-order valence-corrected chi connectivity index (χ1v) is 5.18. The van der Waals surface area contributed by atoms with E-state index in [0.29, 0.717) is 0 Å². The van der Waals surface area contributed by atoms with Crippen molar-refractivity contribution in [3.05, 3.63) is 0 Å². The Balaban J connectivity index is 2.12. The molecule has 0 saturated carbocycles. The van der Waals surface area contributed by atoms with Crippen LogP contribution in [-0.4, -0.2) is 29.9 Å². The molecule has 0 unspecified atom stereocenters. The standard InChI is InChI=1S/C9H18ClN/c1-9(5-4-6-10)11-7-2-3-8-11/h9H,2-8H2,1H3/t9-/m1/s1. The number of hydrogen-bond acceptors (Lipinski definition) is 1. The Morgan fingerprint density at radius 2 is 2.00 bits per heavy atom. The highest BCUT2D eigenvalue weighted by Crippen LogP contribution is 2.14.